The Hall–Kier alpha value is -4.34. The molecule has 4 atom stereocenters. The van der Waals surface area contributed by atoms with Crippen molar-refractivity contribution >= 4 is 35.3 Å². The maximum absolute atomic E-state index is 12.7. The Bertz CT molecular complexity index is 1260. The second kappa shape index (κ2) is 8.79. The Labute approximate surface area is 200 Å². The van der Waals surface area contributed by atoms with Crippen LogP contribution in [0.5, 0.6) is 5.75 Å². The van der Waals surface area contributed by atoms with E-state index in [-0.39, 0.29) is 46.9 Å². The highest BCUT2D eigenvalue weighted by atomic mass is 16.6. The molecule has 2 fully saturated rings. The van der Waals surface area contributed by atoms with Gasteiger partial charge in [0.05, 0.1) is 23.0 Å². The largest absolute Gasteiger partial charge is 0.477 e. The van der Waals surface area contributed by atoms with Crippen LogP contribution in [0.15, 0.2) is 59.7 Å². The number of aryl methyl sites for hydroxylation is 1. The molecule has 1 heterocycles. The number of fused-ring (bicyclic) bond motifs is 5. The highest BCUT2D eigenvalue weighted by Gasteiger charge is 2.59. The molecule has 178 valence electrons. The number of amides is 3. The lowest BCUT2D eigenvalue weighted by atomic mass is 9.85. The second-order valence-corrected chi connectivity index (χ2v) is 8.92. The van der Waals surface area contributed by atoms with Gasteiger partial charge in [-0.25, -0.2) is 0 Å². The van der Waals surface area contributed by atoms with Crippen LogP contribution in [0.25, 0.3) is 0 Å². The van der Waals surface area contributed by atoms with Crippen molar-refractivity contribution in [1.29, 1.82) is 0 Å². The first-order valence-corrected chi connectivity index (χ1v) is 11.2. The summed E-state index contributed by atoms with van der Waals surface area (Å²) in [7, 11) is 0. The molecule has 5 rings (SSSR count). The van der Waals surface area contributed by atoms with Gasteiger partial charge in [-0.1, -0.05) is 29.8 Å². The van der Waals surface area contributed by atoms with E-state index in [1.165, 1.54) is 24.4 Å². The van der Waals surface area contributed by atoms with Crippen LogP contribution in [0.3, 0.4) is 0 Å². The number of nitro benzene ring substituents is 1. The number of hydrazone groups is 1. The molecule has 1 saturated heterocycles. The second-order valence-electron chi connectivity index (χ2n) is 8.92. The van der Waals surface area contributed by atoms with Crippen molar-refractivity contribution in [3.8, 4) is 5.75 Å². The van der Waals surface area contributed by atoms with Crippen LogP contribution < -0.4 is 10.1 Å². The lowest BCUT2D eigenvalue weighted by Crippen LogP contribution is -2.28. The Kier molecular flexibility index (Phi) is 5.64. The smallest absolute Gasteiger partial charge is 0.311 e. The van der Waals surface area contributed by atoms with E-state index in [9.17, 15) is 24.5 Å². The number of nitro groups is 1. The average Bonchev–Trinajstić information content (AvgIpc) is 3.52. The fourth-order valence-electron chi connectivity index (χ4n) is 4.98. The Balaban J connectivity index is 1.25. The summed E-state index contributed by atoms with van der Waals surface area (Å²) in [6, 6.07) is 11.2. The zero-order chi connectivity index (χ0) is 24.7. The van der Waals surface area contributed by atoms with E-state index >= 15 is 0 Å². The number of benzene rings is 2. The first-order chi connectivity index (χ1) is 16.8. The number of carbonyl (C=O) groups is 3. The zero-order valence-electron chi connectivity index (χ0n) is 18.8. The molecule has 0 aromatic heterocycles. The first-order valence-electron chi connectivity index (χ1n) is 11.2. The number of hydrogen-bond donors (Lipinski definition) is 1. The molecule has 1 N–H and O–H groups in total. The maximum atomic E-state index is 12.7. The molecule has 1 aliphatic heterocycles. The molecule has 0 spiro atoms. The highest BCUT2D eigenvalue weighted by Crippen LogP contribution is 2.52. The highest BCUT2D eigenvalue weighted by molar-refractivity contribution is 6.06. The normalized spacial score (nSPS) is 24.3. The summed E-state index contributed by atoms with van der Waals surface area (Å²) in [4.78, 5) is 48.6. The van der Waals surface area contributed by atoms with Gasteiger partial charge < -0.3 is 10.1 Å². The van der Waals surface area contributed by atoms with Crippen LogP contribution in [0.2, 0.25) is 0 Å². The SMILES string of the molecule is Cc1ccc(NC(=O)COc2ccc(C=NN3C(=O)C4C5C=CC(C5)C4C3=O)cc2[N+](=O)[O-])cc1. The minimum Gasteiger partial charge on any atom is -0.477 e. The lowest BCUT2D eigenvalue weighted by Gasteiger charge is -2.13. The number of carbonyl (C=O) groups excluding carboxylic acids is 3. The average molecular weight is 474 g/mol. The van der Waals surface area contributed by atoms with Gasteiger partial charge in [-0.15, -0.1) is 0 Å². The topological polar surface area (TPSA) is 131 Å². The van der Waals surface area contributed by atoms with Crippen LogP contribution in [0.1, 0.15) is 17.5 Å². The van der Waals surface area contributed by atoms with Crippen LogP contribution in [-0.2, 0) is 14.4 Å². The number of imide groups is 1. The molecule has 0 radical (unpaired) electrons. The maximum Gasteiger partial charge on any atom is 0.311 e. The van der Waals surface area contributed by atoms with Crippen LogP contribution in [0.4, 0.5) is 11.4 Å². The fourth-order valence-corrected chi connectivity index (χ4v) is 4.98. The van der Waals surface area contributed by atoms with E-state index in [1.807, 2.05) is 31.2 Å². The molecule has 1 saturated carbocycles. The standard InChI is InChI=1S/C25H22N4O6/c1-14-2-7-18(8-3-14)27-21(30)13-35-20-9-4-15(10-19(20)29(33)34)12-26-28-24(31)22-16-5-6-17(11-16)23(22)25(28)32/h2-10,12,16-17,22-23H,11,13H2,1H3,(H,27,30). The molecule has 3 amide bonds. The van der Waals surface area contributed by atoms with Crippen molar-refractivity contribution in [3.63, 3.8) is 0 Å². The molecule has 2 aliphatic carbocycles. The fraction of sp³-hybridized carbons (Fsp3) is 0.280. The van der Waals surface area contributed by atoms with E-state index in [1.54, 1.807) is 12.1 Å². The van der Waals surface area contributed by atoms with Crippen molar-refractivity contribution in [2.24, 2.45) is 28.8 Å². The summed E-state index contributed by atoms with van der Waals surface area (Å²) < 4.78 is 5.38. The molecule has 2 aromatic rings. The van der Waals surface area contributed by atoms with Crippen molar-refractivity contribution in [2.75, 3.05) is 11.9 Å². The van der Waals surface area contributed by atoms with Gasteiger partial charge in [0.1, 0.15) is 0 Å². The first kappa shape index (κ1) is 22.5. The van der Waals surface area contributed by atoms with Crippen LogP contribution in [0, 0.1) is 40.7 Å². The number of ether oxygens (including phenoxy) is 1. The number of anilines is 1. The molecule has 2 aromatic carbocycles. The monoisotopic (exact) mass is 474 g/mol. The van der Waals surface area contributed by atoms with E-state index < -0.39 is 17.4 Å². The number of rotatable bonds is 7. The van der Waals surface area contributed by atoms with Gasteiger partial charge in [0.25, 0.3) is 17.7 Å². The van der Waals surface area contributed by atoms with E-state index in [0.29, 0.717) is 11.3 Å². The van der Waals surface area contributed by atoms with Crippen molar-refractivity contribution in [1.82, 2.24) is 5.01 Å². The molecule has 4 unspecified atom stereocenters. The zero-order valence-corrected chi connectivity index (χ0v) is 18.8. The quantitative estimate of drug-likeness (QED) is 0.216. The van der Waals surface area contributed by atoms with Gasteiger partial charge in [0.2, 0.25) is 0 Å². The molecule has 3 aliphatic rings. The summed E-state index contributed by atoms with van der Waals surface area (Å²) in [6.45, 7) is 1.51. The van der Waals surface area contributed by atoms with Gasteiger partial charge in [-0.3, -0.25) is 24.5 Å². The number of nitrogens with zero attached hydrogens (tertiary/aromatic N) is 3. The molecular formula is C25H22N4O6. The summed E-state index contributed by atoms with van der Waals surface area (Å²) >= 11 is 0. The van der Waals surface area contributed by atoms with Gasteiger partial charge in [0.15, 0.2) is 12.4 Å². The van der Waals surface area contributed by atoms with Gasteiger partial charge in [-0.2, -0.15) is 10.1 Å². The molecular weight excluding hydrogens is 452 g/mol. The molecule has 10 nitrogen and oxygen atoms in total. The van der Waals surface area contributed by atoms with Gasteiger partial charge in [-0.05, 0) is 49.4 Å². The van der Waals surface area contributed by atoms with Crippen molar-refractivity contribution in [2.45, 2.75) is 13.3 Å². The third kappa shape index (κ3) is 4.18. The Morgan fingerprint density at radius 1 is 1.14 bits per heavy atom. The van der Waals surface area contributed by atoms with Crippen LogP contribution >= 0.6 is 0 Å². The number of nitrogens with one attached hydrogen (secondary N) is 1. The molecule has 2 bridgehead atoms. The third-order valence-corrected chi connectivity index (χ3v) is 6.64. The summed E-state index contributed by atoms with van der Waals surface area (Å²) in [5.74, 6) is -1.81. The Morgan fingerprint density at radius 2 is 1.80 bits per heavy atom. The number of hydrogen-bond acceptors (Lipinski definition) is 7. The lowest BCUT2D eigenvalue weighted by molar-refractivity contribution is -0.385. The number of allylic oxidation sites excluding steroid dienone is 2. The summed E-state index contributed by atoms with van der Waals surface area (Å²) in [5.41, 5.74) is 1.58. The van der Waals surface area contributed by atoms with Gasteiger partial charge >= 0.3 is 5.69 Å². The predicted molar refractivity (Wildman–Crippen MR) is 126 cm³/mol. The third-order valence-electron chi connectivity index (χ3n) is 6.64. The van der Waals surface area contributed by atoms with E-state index in [0.717, 1.165) is 17.0 Å². The summed E-state index contributed by atoms with van der Waals surface area (Å²) in [5, 5.41) is 19.2. The van der Waals surface area contributed by atoms with E-state index in [2.05, 4.69) is 10.4 Å². The molecule has 10 heteroatoms. The van der Waals surface area contributed by atoms with Crippen molar-refractivity contribution < 1.29 is 24.0 Å². The minimum absolute atomic E-state index is 0.0716. The molecule has 35 heavy (non-hydrogen) atoms. The van der Waals surface area contributed by atoms with Crippen LogP contribution in [-0.4, -0.2) is 40.5 Å². The predicted octanol–water partition coefficient (Wildman–Crippen LogP) is 3.06. The Morgan fingerprint density at radius 3 is 2.43 bits per heavy atom. The summed E-state index contributed by atoms with van der Waals surface area (Å²) in [6.07, 6.45) is 6.05. The van der Waals surface area contributed by atoms with E-state index in [4.69, 9.17) is 4.74 Å². The van der Waals surface area contributed by atoms with Gasteiger partial charge in [0, 0.05) is 17.3 Å². The van der Waals surface area contributed by atoms with Crippen molar-refractivity contribution in [3.05, 3.63) is 75.9 Å². The minimum atomic E-state index is -0.634.